The standard InChI is InChI=1S/C28H24N2O2S/c1-28(2)16-17-33-25-15-12-20(18-22(25)28)9-8-19-10-13-21(14-11-19)26-29-23-6-4-5-7-24(23)30(26)27(31)32-3/h4-7,10-15,18H,16-17H2,1-3H3. The third kappa shape index (κ3) is 4.03. The number of imidazole rings is 1. The van der Waals surface area contributed by atoms with E-state index >= 15 is 0 Å². The van der Waals surface area contributed by atoms with Gasteiger partial charge >= 0.3 is 6.09 Å². The number of para-hydroxylation sites is 2. The smallest absolute Gasteiger partial charge is 0.419 e. The van der Waals surface area contributed by atoms with Gasteiger partial charge in [-0.1, -0.05) is 50.0 Å². The van der Waals surface area contributed by atoms with Crippen molar-refractivity contribution in [2.75, 3.05) is 12.9 Å². The van der Waals surface area contributed by atoms with Crippen LogP contribution in [0.2, 0.25) is 0 Å². The number of hydrogen-bond donors (Lipinski definition) is 0. The first-order valence-corrected chi connectivity index (χ1v) is 11.9. The van der Waals surface area contributed by atoms with Crippen molar-refractivity contribution in [3.8, 4) is 23.2 Å². The molecule has 164 valence electrons. The third-order valence-corrected chi connectivity index (χ3v) is 7.18. The molecule has 0 saturated carbocycles. The molecule has 1 aliphatic rings. The number of carbonyl (C=O) groups excluding carboxylic acids is 1. The lowest BCUT2D eigenvalue weighted by atomic mass is 9.81. The van der Waals surface area contributed by atoms with Crippen LogP contribution in [0, 0.1) is 11.8 Å². The number of nitrogens with zero attached hydrogens (tertiary/aromatic N) is 2. The van der Waals surface area contributed by atoms with E-state index in [-0.39, 0.29) is 5.41 Å². The molecular formula is C28H24N2O2S. The lowest BCUT2D eigenvalue weighted by Gasteiger charge is -2.32. The lowest BCUT2D eigenvalue weighted by Crippen LogP contribution is -2.22. The monoisotopic (exact) mass is 452 g/mol. The van der Waals surface area contributed by atoms with Gasteiger partial charge in [-0.3, -0.25) is 0 Å². The highest BCUT2D eigenvalue weighted by molar-refractivity contribution is 7.99. The summed E-state index contributed by atoms with van der Waals surface area (Å²) in [5.41, 5.74) is 5.81. The largest absolute Gasteiger partial charge is 0.452 e. The summed E-state index contributed by atoms with van der Waals surface area (Å²) in [6.45, 7) is 4.62. The van der Waals surface area contributed by atoms with Gasteiger partial charge in [0, 0.05) is 21.6 Å². The van der Waals surface area contributed by atoms with Crippen LogP contribution in [0.25, 0.3) is 22.4 Å². The molecule has 4 nitrogen and oxygen atoms in total. The van der Waals surface area contributed by atoms with Crippen molar-refractivity contribution in [2.45, 2.75) is 30.6 Å². The molecule has 1 aliphatic heterocycles. The van der Waals surface area contributed by atoms with Crippen molar-refractivity contribution < 1.29 is 9.53 Å². The van der Waals surface area contributed by atoms with E-state index in [0.717, 1.165) is 27.7 Å². The Kier molecular flexibility index (Phi) is 5.47. The number of carbonyl (C=O) groups is 1. The first kappa shape index (κ1) is 21.4. The summed E-state index contributed by atoms with van der Waals surface area (Å²) in [6.07, 6.45) is 0.718. The average molecular weight is 453 g/mol. The highest BCUT2D eigenvalue weighted by atomic mass is 32.2. The Morgan fingerprint density at radius 1 is 1.03 bits per heavy atom. The zero-order valence-electron chi connectivity index (χ0n) is 18.9. The zero-order chi connectivity index (χ0) is 23.0. The van der Waals surface area contributed by atoms with Crippen LogP contribution in [-0.4, -0.2) is 28.5 Å². The molecule has 0 fully saturated rings. The van der Waals surface area contributed by atoms with E-state index in [1.807, 2.05) is 60.3 Å². The second kappa shape index (κ2) is 8.46. The maximum Gasteiger partial charge on any atom is 0.419 e. The molecule has 3 aromatic carbocycles. The molecule has 0 radical (unpaired) electrons. The van der Waals surface area contributed by atoms with Crippen molar-refractivity contribution in [3.63, 3.8) is 0 Å². The van der Waals surface area contributed by atoms with Gasteiger partial charge in [0.2, 0.25) is 0 Å². The molecular weight excluding hydrogens is 428 g/mol. The Morgan fingerprint density at radius 3 is 2.55 bits per heavy atom. The van der Waals surface area contributed by atoms with Gasteiger partial charge in [0.1, 0.15) is 0 Å². The summed E-state index contributed by atoms with van der Waals surface area (Å²) >= 11 is 1.93. The molecule has 1 aromatic heterocycles. The second-order valence-electron chi connectivity index (χ2n) is 8.75. The molecule has 0 spiro atoms. The quantitative estimate of drug-likeness (QED) is 0.310. The number of methoxy groups -OCH3 is 1. The minimum Gasteiger partial charge on any atom is -0.452 e. The van der Waals surface area contributed by atoms with Crippen LogP contribution >= 0.6 is 11.8 Å². The predicted octanol–water partition coefficient (Wildman–Crippen LogP) is 6.49. The van der Waals surface area contributed by atoms with Crippen LogP contribution in [0.5, 0.6) is 0 Å². The molecule has 33 heavy (non-hydrogen) atoms. The molecule has 0 unspecified atom stereocenters. The first-order valence-electron chi connectivity index (χ1n) is 10.9. The fourth-order valence-electron chi connectivity index (χ4n) is 4.16. The van der Waals surface area contributed by atoms with Gasteiger partial charge in [-0.25, -0.2) is 14.3 Å². The molecule has 0 atom stereocenters. The number of ether oxygens (including phenoxy) is 1. The van der Waals surface area contributed by atoms with Crippen LogP contribution in [0.1, 0.15) is 37.0 Å². The summed E-state index contributed by atoms with van der Waals surface area (Å²) < 4.78 is 6.49. The van der Waals surface area contributed by atoms with Crippen molar-refractivity contribution in [2.24, 2.45) is 0 Å². The lowest BCUT2D eigenvalue weighted by molar-refractivity contribution is 0.174. The number of hydrogen-bond acceptors (Lipinski definition) is 4. The fourth-order valence-corrected chi connectivity index (χ4v) is 5.64. The Morgan fingerprint density at radius 2 is 1.76 bits per heavy atom. The van der Waals surface area contributed by atoms with Crippen molar-refractivity contribution in [1.82, 2.24) is 9.55 Å². The Balaban J connectivity index is 1.46. The highest BCUT2D eigenvalue weighted by Crippen LogP contribution is 2.41. The van der Waals surface area contributed by atoms with Crippen molar-refractivity contribution in [3.05, 3.63) is 83.4 Å². The molecule has 0 aliphatic carbocycles. The molecule has 4 aromatic rings. The third-order valence-electron chi connectivity index (χ3n) is 6.11. The maximum atomic E-state index is 12.4. The molecule has 5 heteroatoms. The van der Waals surface area contributed by atoms with Gasteiger partial charge in [-0.15, -0.1) is 11.8 Å². The number of aromatic nitrogens is 2. The van der Waals surface area contributed by atoms with Crippen LogP contribution in [0.15, 0.2) is 71.6 Å². The molecule has 5 rings (SSSR count). The highest BCUT2D eigenvalue weighted by Gasteiger charge is 2.27. The van der Waals surface area contributed by atoms with Gasteiger partial charge in [-0.2, -0.15) is 0 Å². The SMILES string of the molecule is COC(=O)n1c(-c2ccc(C#Cc3ccc4c(c3)C(C)(C)CCS4)cc2)nc2ccccc21. The van der Waals surface area contributed by atoms with Gasteiger partial charge in [0.15, 0.2) is 5.82 Å². The van der Waals surface area contributed by atoms with E-state index in [0.29, 0.717) is 5.82 Å². The van der Waals surface area contributed by atoms with E-state index < -0.39 is 6.09 Å². The summed E-state index contributed by atoms with van der Waals surface area (Å²) in [5, 5.41) is 0. The fraction of sp³-hybridized carbons (Fsp3) is 0.214. The molecule has 0 N–H and O–H groups in total. The van der Waals surface area contributed by atoms with E-state index in [1.165, 1.54) is 34.3 Å². The Bertz CT molecular complexity index is 1420. The van der Waals surface area contributed by atoms with Crippen LogP contribution in [0.3, 0.4) is 0 Å². The van der Waals surface area contributed by atoms with Gasteiger partial charge in [0.25, 0.3) is 0 Å². The van der Waals surface area contributed by atoms with E-state index in [9.17, 15) is 4.79 Å². The normalized spacial score (nSPS) is 14.3. The molecule has 2 heterocycles. The van der Waals surface area contributed by atoms with Gasteiger partial charge in [-0.05, 0) is 65.6 Å². The van der Waals surface area contributed by atoms with E-state index in [4.69, 9.17) is 4.74 Å². The number of rotatable bonds is 1. The van der Waals surface area contributed by atoms with Crippen molar-refractivity contribution in [1.29, 1.82) is 0 Å². The zero-order valence-corrected chi connectivity index (χ0v) is 19.7. The van der Waals surface area contributed by atoms with Gasteiger partial charge < -0.3 is 4.74 Å². The maximum absolute atomic E-state index is 12.4. The summed E-state index contributed by atoms with van der Waals surface area (Å²) in [6, 6.07) is 21.9. The topological polar surface area (TPSA) is 44.1 Å². The number of thioether (sulfide) groups is 1. The van der Waals surface area contributed by atoms with Crippen molar-refractivity contribution >= 4 is 28.9 Å². The Hall–Kier alpha value is -3.49. The molecule has 0 saturated heterocycles. The van der Waals surface area contributed by atoms with E-state index in [2.05, 4.69) is 48.9 Å². The van der Waals surface area contributed by atoms with Crippen LogP contribution < -0.4 is 0 Å². The molecule has 0 bridgehead atoms. The average Bonchev–Trinajstić information content (AvgIpc) is 3.22. The predicted molar refractivity (Wildman–Crippen MR) is 134 cm³/mol. The van der Waals surface area contributed by atoms with E-state index in [1.54, 1.807) is 0 Å². The minimum atomic E-state index is -0.462. The Labute approximate surface area is 198 Å². The summed E-state index contributed by atoms with van der Waals surface area (Å²) in [7, 11) is 1.38. The first-order chi connectivity index (χ1) is 16.0. The van der Waals surface area contributed by atoms with Gasteiger partial charge in [0.05, 0.1) is 18.1 Å². The van der Waals surface area contributed by atoms with Crippen LogP contribution in [0.4, 0.5) is 4.79 Å². The summed E-state index contributed by atoms with van der Waals surface area (Å²) in [5.74, 6) is 8.31. The second-order valence-corrected chi connectivity index (χ2v) is 9.89. The number of fused-ring (bicyclic) bond motifs is 2. The molecule has 0 amide bonds. The number of benzene rings is 3. The van der Waals surface area contributed by atoms with Crippen LogP contribution in [-0.2, 0) is 10.2 Å². The summed E-state index contributed by atoms with van der Waals surface area (Å²) in [4.78, 5) is 18.5. The minimum absolute atomic E-state index is 0.186.